The number of ketones is 1. The summed E-state index contributed by atoms with van der Waals surface area (Å²) in [4.78, 5) is 25.7. The van der Waals surface area contributed by atoms with Crippen LogP contribution in [0.3, 0.4) is 0 Å². The Balaban J connectivity index is 1.69. The Morgan fingerprint density at radius 2 is 1.95 bits per heavy atom. The number of carbonyl (C=O) groups is 2. The maximum Gasteiger partial charge on any atom is 0.220 e. The molecule has 0 bridgehead atoms. The minimum atomic E-state index is -0.0379. The van der Waals surface area contributed by atoms with Gasteiger partial charge in [-0.15, -0.1) is 11.3 Å². The molecule has 4 nitrogen and oxygen atoms in total. The van der Waals surface area contributed by atoms with Crippen LogP contribution in [0.25, 0.3) is 0 Å². The minimum Gasteiger partial charge on any atom is -0.396 e. The van der Waals surface area contributed by atoms with Crippen LogP contribution < -0.4 is 5.32 Å². The highest BCUT2D eigenvalue weighted by atomic mass is 32.1. The molecule has 1 saturated carbocycles. The molecule has 1 heterocycles. The fourth-order valence-corrected chi connectivity index (χ4v) is 3.56. The lowest BCUT2D eigenvalue weighted by Gasteiger charge is -2.27. The van der Waals surface area contributed by atoms with Crippen LogP contribution in [-0.2, 0) is 4.79 Å². The van der Waals surface area contributed by atoms with Crippen molar-refractivity contribution in [2.45, 2.75) is 51.5 Å². The van der Waals surface area contributed by atoms with Gasteiger partial charge in [0.1, 0.15) is 0 Å². The molecule has 1 aliphatic carbocycles. The molecule has 2 N–H and O–H groups in total. The molecule has 116 valence electrons. The minimum absolute atomic E-state index is 0.0379. The number of amides is 1. The number of nitrogens with one attached hydrogen (secondary N) is 1. The second-order valence-electron chi connectivity index (χ2n) is 5.80. The Kier molecular flexibility index (Phi) is 5.94. The van der Waals surface area contributed by atoms with Crippen molar-refractivity contribution in [3.8, 4) is 0 Å². The van der Waals surface area contributed by atoms with E-state index in [0.29, 0.717) is 5.92 Å². The third-order valence-electron chi connectivity index (χ3n) is 4.06. The fourth-order valence-electron chi connectivity index (χ4n) is 2.72. The average Bonchev–Trinajstić information content (AvgIpc) is 2.92. The fraction of sp³-hybridized carbons (Fsp3) is 0.625. The van der Waals surface area contributed by atoms with Crippen molar-refractivity contribution in [3.63, 3.8) is 0 Å². The van der Waals surface area contributed by atoms with Gasteiger partial charge >= 0.3 is 0 Å². The maximum atomic E-state index is 11.9. The topological polar surface area (TPSA) is 66.4 Å². The molecule has 2 rings (SSSR count). The van der Waals surface area contributed by atoms with Gasteiger partial charge in [0.05, 0.1) is 4.88 Å². The molecule has 21 heavy (non-hydrogen) atoms. The van der Waals surface area contributed by atoms with E-state index in [1.54, 1.807) is 0 Å². The maximum absolute atomic E-state index is 11.9. The molecule has 1 amide bonds. The number of aliphatic hydroxyl groups excluding tert-OH is 1. The summed E-state index contributed by atoms with van der Waals surface area (Å²) in [6, 6.07) is 3.97. The Morgan fingerprint density at radius 1 is 1.24 bits per heavy atom. The molecular formula is C16H23NO3S. The van der Waals surface area contributed by atoms with Gasteiger partial charge in [-0.1, -0.05) is 0 Å². The first kappa shape index (κ1) is 16.2. The first-order valence-electron chi connectivity index (χ1n) is 7.58. The summed E-state index contributed by atoms with van der Waals surface area (Å²) in [5.74, 6) is 0.401. The van der Waals surface area contributed by atoms with Crippen LogP contribution in [0, 0.1) is 12.8 Å². The molecule has 0 aromatic carbocycles. The van der Waals surface area contributed by atoms with Gasteiger partial charge in [0.2, 0.25) is 5.91 Å². The zero-order chi connectivity index (χ0) is 15.2. The first-order chi connectivity index (χ1) is 10.1. The number of Topliss-reactive ketones (excluding diaryl/α,β-unsaturated/α-hetero) is 1. The number of hydrogen-bond acceptors (Lipinski definition) is 4. The molecular weight excluding hydrogens is 286 g/mol. The van der Waals surface area contributed by atoms with Gasteiger partial charge in [-0.05, 0) is 50.7 Å². The van der Waals surface area contributed by atoms with E-state index in [1.165, 1.54) is 11.3 Å². The lowest BCUT2D eigenvalue weighted by molar-refractivity contribution is -0.122. The highest BCUT2D eigenvalue weighted by molar-refractivity contribution is 7.14. The van der Waals surface area contributed by atoms with Crippen LogP contribution >= 0.6 is 11.3 Å². The highest BCUT2D eigenvalue weighted by Crippen LogP contribution is 2.24. The van der Waals surface area contributed by atoms with E-state index in [9.17, 15) is 9.59 Å². The van der Waals surface area contributed by atoms with Crippen LogP contribution in [0.1, 0.15) is 53.1 Å². The quantitative estimate of drug-likeness (QED) is 0.794. The van der Waals surface area contributed by atoms with Crippen molar-refractivity contribution in [2.24, 2.45) is 5.92 Å². The third-order valence-corrected chi connectivity index (χ3v) is 5.11. The van der Waals surface area contributed by atoms with E-state index in [0.717, 1.165) is 35.4 Å². The van der Waals surface area contributed by atoms with E-state index in [2.05, 4.69) is 5.32 Å². The SMILES string of the molecule is Cc1ccc(C(=O)CCC(=O)NC2CCC(CO)CC2)s1. The van der Waals surface area contributed by atoms with E-state index < -0.39 is 0 Å². The van der Waals surface area contributed by atoms with Gasteiger partial charge in [0, 0.05) is 30.4 Å². The second-order valence-corrected chi connectivity index (χ2v) is 7.09. The van der Waals surface area contributed by atoms with E-state index in [4.69, 9.17) is 5.11 Å². The van der Waals surface area contributed by atoms with Crippen LogP contribution in [-0.4, -0.2) is 29.4 Å². The lowest BCUT2D eigenvalue weighted by atomic mass is 9.86. The standard InChI is InChI=1S/C16H23NO3S/c1-11-2-8-15(21-11)14(19)7-9-16(20)17-13-5-3-12(10-18)4-6-13/h2,8,12-13,18H,3-7,9-10H2,1H3,(H,17,20). The average molecular weight is 309 g/mol. The van der Waals surface area contributed by atoms with Gasteiger partial charge in [-0.25, -0.2) is 0 Å². The Labute approximate surface area is 129 Å². The largest absolute Gasteiger partial charge is 0.396 e. The Morgan fingerprint density at radius 3 is 2.52 bits per heavy atom. The molecule has 1 fully saturated rings. The molecule has 1 aromatic heterocycles. The molecule has 0 unspecified atom stereocenters. The van der Waals surface area contributed by atoms with E-state index in [-0.39, 0.29) is 37.2 Å². The summed E-state index contributed by atoms with van der Waals surface area (Å²) in [5, 5.41) is 12.1. The molecule has 0 saturated heterocycles. The van der Waals surface area contributed by atoms with Gasteiger partial charge in [0.25, 0.3) is 0 Å². The van der Waals surface area contributed by atoms with Crippen molar-refractivity contribution in [3.05, 3.63) is 21.9 Å². The third kappa shape index (κ3) is 4.93. The summed E-state index contributed by atoms with van der Waals surface area (Å²) in [6.45, 7) is 2.21. The van der Waals surface area contributed by atoms with Crippen LogP contribution in [0.15, 0.2) is 12.1 Å². The van der Waals surface area contributed by atoms with Crippen LogP contribution in [0.5, 0.6) is 0 Å². The number of carbonyl (C=O) groups excluding carboxylic acids is 2. The monoisotopic (exact) mass is 309 g/mol. The van der Waals surface area contributed by atoms with Crippen molar-refractivity contribution < 1.29 is 14.7 Å². The zero-order valence-corrected chi connectivity index (χ0v) is 13.2. The number of hydrogen-bond donors (Lipinski definition) is 2. The predicted molar refractivity (Wildman–Crippen MR) is 83.6 cm³/mol. The van der Waals surface area contributed by atoms with E-state index >= 15 is 0 Å². The molecule has 0 atom stereocenters. The number of rotatable bonds is 6. The first-order valence-corrected chi connectivity index (χ1v) is 8.40. The summed E-state index contributed by atoms with van der Waals surface area (Å²) in [6.07, 6.45) is 4.32. The van der Waals surface area contributed by atoms with E-state index in [1.807, 2.05) is 19.1 Å². The zero-order valence-electron chi connectivity index (χ0n) is 12.4. The number of thiophene rings is 1. The van der Waals surface area contributed by atoms with Crippen LogP contribution in [0.4, 0.5) is 0 Å². The molecule has 0 aliphatic heterocycles. The van der Waals surface area contributed by atoms with Gasteiger partial charge in [-0.2, -0.15) is 0 Å². The summed E-state index contributed by atoms with van der Waals surface area (Å²) >= 11 is 1.48. The molecule has 5 heteroatoms. The van der Waals surface area contributed by atoms with Crippen molar-refractivity contribution in [2.75, 3.05) is 6.61 Å². The Bertz CT molecular complexity index is 489. The molecule has 1 aliphatic rings. The summed E-state index contributed by atoms with van der Waals surface area (Å²) in [5.41, 5.74) is 0. The van der Waals surface area contributed by atoms with Gasteiger partial charge < -0.3 is 10.4 Å². The molecule has 1 aromatic rings. The van der Waals surface area contributed by atoms with Crippen molar-refractivity contribution >= 4 is 23.0 Å². The predicted octanol–water partition coefficient (Wildman–Crippen LogP) is 2.69. The second kappa shape index (κ2) is 7.71. The molecule has 0 spiro atoms. The highest BCUT2D eigenvalue weighted by Gasteiger charge is 2.22. The summed E-state index contributed by atoms with van der Waals surface area (Å²) < 4.78 is 0. The van der Waals surface area contributed by atoms with Gasteiger partial charge in [-0.3, -0.25) is 9.59 Å². The summed E-state index contributed by atoms with van der Waals surface area (Å²) in [7, 11) is 0. The van der Waals surface area contributed by atoms with Gasteiger partial charge in [0.15, 0.2) is 5.78 Å². The number of aryl methyl sites for hydroxylation is 1. The van der Waals surface area contributed by atoms with Crippen LogP contribution in [0.2, 0.25) is 0 Å². The lowest BCUT2D eigenvalue weighted by Crippen LogP contribution is -2.38. The number of aliphatic hydroxyl groups is 1. The smallest absolute Gasteiger partial charge is 0.220 e. The molecule has 0 radical (unpaired) electrons. The Hall–Kier alpha value is -1.20. The van der Waals surface area contributed by atoms with Crippen molar-refractivity contribution in [1.82, 2.24) is 5.32 Å². The normalized spacial score (nSPS) is 22.0. The van der Waals surface area contributed by atoms with Crippen molar-refractivity contribution in [1.29, 1.82) is 0 Å².